The fourth-order valence-corrected chi connectivity index (χ4v) is 1.78. The number of nitrogens with zero attached hydrogens (tertiary/aromatic N) is 4. The van der Waals surface area contributed by atoms with E-state index in [-0.39, 0.29) is 24.9 Å². The zero-order valence-corrected chi connectivity index (χ0v) is 11.9. The minimum Gasteiger partial charge on any atom is -0.345 e. The van der Waals surface area contributed by atoms with Crippen molar-refractivity contribution in [3.8, 4) is 0 Å². The highest BCUT2D eigenvalue weighted by atomic mass is 79.9. The van der Waals surface area contributed by atoms with Crippen LogP contribution in [0.4, 0.5) is 5.69 Å². The minimum absolute atomic E-state index is 0.0324. The second kappa shape index (κ2) is 6.75. The lowest BCUT2D eigenvalue weighted by Crippen LogP contribution is -2.35. The van der Waals surface area contributed by atoms with Gasteiger partial charge in [-0.3, -0.25) is 9.59 Å². The molecular weight excluding hydrogens is 328 g/mol. The third-order valence-corrected chi connectivity index (χ3v) is 2.98. The van der Waals surface area contributed by atoms with E-state index in [0.29, 0.717) is 5.69 Å². The Hall–Kier alpha value is -2.29. The highest BCUT2D eigenvalue weighted by Gasteiger charge is 2.08. The van der Waals surface area contributed by atoms with Gasteiger partial charge in [-0.2, -0.15) is 0 Å². The van der Waals surface area contributed by atoms with Gasteiger partial charge in [-0.15, -0.1) is 5.10 Å². The largest absolute Gasteiger partial charge is 0.345 e. The van der Waals surface area contributed by atoms with E-state index < -0.39 is 0 Å². The van der Waals surface area contributed by atoms with E-state index in [0.717, 1.165) is 4.47 Å². The normalized spacial score (nSPS) is 10.1. The lowest BCUT2D eigenvalue weighted by atomic mass is 10.3. The molecule has 0 bridgehead atoms. The van der Waals surface area contributed by atoms with E-state index in [1.54, 1.807) is 12.1 Å². The highest BCUT2D eigenvalue weighted by molar-refractivity contribution is 9.10. The fourth-order valence-electron chi connectivity index (χ4n) is 1.39. The Morgan fingerprint density at radius 1 is 1.25 bits per heavy atom. The van der Waals surface area contributed by atoms with Gasteiger partial charge >= 0.3 is 0 Å². The summed E-state index contributed by atoms with van der Waals surface area (Å²) in [5.74, 6) is -0.665. The molecule has 20 heavy (non-hydrogen) atoms. The van der Waals surface area contributed by atoms with Crippen molar-refractivity contribution >= 4 is 33.4 Å². The van der Waals surface area contributed by atoms with Crippen LogP contribution in [0.15, 0.2) is 35.1 Å². The molecule has 0 unspecified atom stereocenters. The Morgan fingerprint density at radius 3 is 2.75 bits per heavy atom. The molecule has 0 aliphatic heterocycles. The van der Waals surface area contributed by atoms with Crippen molar-refractivity contribution in [2.45, 2.75) is 6.54 Å². The number of hydrogen-bond donors (Lipinski definition) is 2. The molecule has 0 atom stereocenters. The average Bonchev–Trinajstić information content (AvgIpc) is 2.92. The van der Waals surface area contributed by atoms with E-state index in [1.165, 1.54) is 11.0 Å². The lowest BCUT2D eigenvalue weighted by Gasteiger charge is -2.08. The maximum absolute atomic E-state index is 11.7. The van der Waals surface area contributed by atoms with Crippen LogP contribution in [0, 0.1) is 0 Å². The molecule has 0 spiro atoms. The van der Waals surface area contributed by atoms with E-state index in [9.17, 15) is 9.59 Å². The second-order valence-electron chi connectivity index (χ2n) is 3.81. The highest BCUT2D eigenvalue weighted by Crippen LogP contribution is 2.20. The van der Waals surface area contributed by atoms with Gasteiger partial charge in [-0.05, 0) is 38.5 Å². The Kier molecular flexibility index (Phi) is 4.77. The molecule has 0 saturated carbocycles. The quantitative estimate of drug-likeness (QED) is 0.810. The molecule has 104 valence electrons. The number of benzene rings is 1. The fraction of sp³-hybridized carbons (Fsp3) is 0.182. The van der Waals surface area contributed by atoms with Crippen molar-refractivity contribution in [2.24, 2.45) is 0 Å². The van der Waals surface area contributed by atoms with Gasteiger partial charge in [0.1, 0.15) is 12.9 Å². The third-order valence-electron chi connectivity index (χ3n) is 2.29. The van der Waals surface area contributed by atoms with Gasteiger partial charge in [0.25, 0.3) is 0 Å². The Bertz CT molecular complexity index is 601. The molecule has 9 heteroatoms. The van der Waals surface area contributed by atoms with Crippen LogP contribution in [-0.4, -0.2) is 38.6 Å². The molecule has 8 nitrogen and oxygen atoms in total. The molecule has 1 aromatic heterocycles. The van der Waals surface area contributed by atoms with Crippen LogP contribution < -0.4 is 10.6 Å². The van der Waals surface area contributed by atoms with Crippen molar-refractivity contribution in [3.63, 3.8) is 0 Å². The first-order chi connectivity index (χ1) is 9.65. The van der Waals surface area contributed by atoms with Gasteiger partial charge < -0.3 is 10.6 Å². The first kappa shape index (κ1) is 14.1. The number of amides is 2. The number of tetrazole rings is 1. The molecule has 2 amide bonds. The van der Waals surface area contributed by atoms with Crippen LogP contribution in [0.1, 0.15) is 0 Å². The van der Waals surface area contributed by atoms with Crippen molar-refractivity contribution < 1.29 is 9.59 Å². The van der Waals surface area contributed by atoms with Gasteiger partial charge in [-0.25, -0.2) is 4.68 Å². The Balaban J connectivity index is 1.78. The minimum atomic E-state index is -0.348. The predicted octanol–water partition coefficient (Wildman–Crippen LogP) is 0.191. The summed E-state index contributed by atoms with van der Waals surface area (Å²) in [6, 6.07) is 7.21. The standard InChI is InChI=1S/C11H11BrN6O2/c12-8-3-1-2-4-9(8)15-10(19)5-13-11(20)6-18-7-14-16-17-18/h1-4,7H,5-6H2,(H,13,20)(H,15,19). The lowest BCUT2D eigenvalue weighted by molar-refractivity contribution is -0.124. The monoisotopic (exact) mass is 338 g/mol. The first-order valence-corrected chi connectivity index (χ1v) is 6.46. The van der Waals surface area contributed by atoms with Gasteiger partial charge in [-0.1, -0.05) is 12.1 Å². The first-order valence-electron chi connectivity index (χ1n) is 5.67. The molecule has 0 aliphatic rings. The zero-order valence-electron chi connectivity index (χ0n) is 10.3. The van der Waals surface area contributed by atoms with Gasteiger partial charge in [0.15, 0.2) is 0 Å². The Labute approximate surface area is 122 Å². The van der Waals surface area contributed by atoms with E-state index >= 15 is 0 Å². The van der Waals surface area contributed by atoms with Crippen molar-refractivity contribution in [1.82, 2.24) is 25.5 Å². The van der Waals surface area contributed by atoms with Crippen LogP contribution >= 0.6 is 15.9 Å². The number of para-hydroxylation sites is 1. The molecule has 0 aliphatic carbocycles. The molecule has 2 aromatic rings. The molecular formula is C11H11BrN6O2. The summed E-state index contributed by atoms with van der Waals surface area (Å²) < 4.78 is 2.04. The van der Waals surface area contributed by atoms with Crippen LogP contribution in [-0.2, 0) is 16.1 Å². The maximum atomic E-state index is 11.7. The number of carbonyl (C=O) groups is 2. The molecule has 1 aromatic carbocycles. The second-order valence-corrected chi connectivity index (χ2v) is 4.67. The van der Waals surface area contributed by atoms with E-state index in [1.807, 2.05) is 12.1 Å². The molecule has 0 saturated heterocycles. The van der Waals surface area contributed by atoms with Crippen LogP contribution in [0.3, 0.4) is 0 Å². The molecule has 0 fully saturated rings. The third kappa shape index (κ3) is 4.12. The molecule has 2 rings (SSSR count). The summed E-state index contributed by atoms with van der Waals surface area (Å²) in [5, 5.41) is 15.5. The summed E-state index contributed by atoms with van der Waals surface area (Å²) in [7, 11) is 0. The molecule has 2 N–H and O–H groups in total. The number of rotatable bonds is 5. The van der Waals surface area contributed by atoms with Crippen molar-refractivity contribution in [1.29, 1.82) is 0 Å². The summed E-state index contributed by atoms with van der Waals surface area (Å²) in [6.07, 6.45) is 1.32. The number of nitrogens with one attached hydrogen (secondary N) is 2. The van der Waals surface area contributed by atoms with Crippen LogP contribution in [0.25, 0.3) is 0 Å². The smallest absolute Gasteiger partial charge is 0.243 e. The SMILES string of the molecule is O=C(Cn1cnnn1)NCC(=O)Nc1ccccc1Br. The Morgan fingerprint density at radius 2 is 2.05 bits per heavy atom. The summed E-state index contributed by atoms with van der Waals surface area (Å²) in [4.78, 5) is 23.2. The zero-order chi connectivity index (χ0) is 14.4. The summed E-state index contributed by atoms with van der Waals surface area (Å²) in [5.41, 5.74) is 0.646. The maximum Gasteiger partial charge on any atom is 0.243 e. The number of halogens is 1. The van der Waals surface area contributed by atoms with E-state index in [4.69, 9.17) is 0 Å². The predicted molar refractivity (Wildman–Crippen MR) is 73.6 cm³/mol. The van der Waals surface area contributed by atoms with Crippen molar-refractivity contribution in [2.75, 3.05) is 11.9 Å². The summed E-state index contributed by atoms with van der Waals surface area (Å²) >= 11 is 3.32. The summed E-state index contributed by atoms with van der Waals surface area (Å²) in [6.45, 7) is -0.155. The van der Waals surface area contributed by atoms with Crippen LogP contribution in [0.2, 0.25) is 0 Å². The van der Waals surface area contributed by atoms with Gasteiger partial charge in [0.05, 0.1) is 12.2 Å². The molecule has 0 radical (unpaired) electrons. The number of anilines is 1. The topological polar surface area (TPSA) is 102 Å². The number of hydrogen-bond acceptors (Lipinski definition) is 5. The average molecular weight is 339 g/mol. The van der Waals surface area contributed by atoms with Crippen molar-refractivity contribution in [3.05, 3.63) is 35.1 Å². The van der Waals surface area contributed by atoms with Gasteiger partial charge in [0.2, 0.25) is 11.8 Å². The van der Waals surface area contributed by atoms with Gasteiger partial charge in [0, 0.05) is 4.47 Å². The number of carbonyl (C=O) groups excluding carboxylic acids is 2. The van der Waals surface area contributed by atoms with E-state index in [2.05, 4.69) is 42.1 Å². The molecule has 1 heterocycles. The van der Waals surface area contributed by atoms with Crippen LogP contribution in [0.5, 0.6) is 0 Å². The number of aromatic nitrogens is 4.